The first-order valence-electron chi connectivity index (χ1n) is 7.38. The van der Waals surface area contributed by atoms with Crippen molar-refractivity contribution in [2.75, 3.05) is 7.11 Å². The quantitative estimate of drug-likeness (QED) is 0.661. The molecule has 21 heavy (non-hydrogen) atoms. The second-order valence-corrected chi connectivity index (χ2v) is 5.78. The van der Waals surface area contributed by atoms with Gasteiger partial charge in [-0.2, -0.15) is 0 Å². The van der Waals surface area contributed by atoms with Crippen LogP contribution in [-0.4, -0.2) is 37.0 Å². The van der Waals surface area contributed by atoms with E-state index in [4.69, 9.17) is 4.74 Å². The van der Waals surface area contributed by atoms with E-state index in [0.717, 1.165) is 6.42 Å². The largest absolute Gasteiger partial charge is 0.467 e. The van der Waals surface area contributed by atoms with Crippen molar-refractivity contribution in [3.05, 3.63) is 0 Å². The van der Waals surface area contributed by atoms with E-state index in [-0.39, 0.29) is 23.7 Å². The Labute approximate surface area is 127 Å². The SMILES string of the molecule is CC[C@H](C)[C@@H](NC(=O)[C@H](CC(C)C)NC(C)=O)C(=O)OC. The lowest BCUT2D eigenvalue weighted by atomic mass is 9.97. The normalized spacial score (nSPS) is 15.0. The van der Waals surface area contributed by atoms with Crippen LogP contribution in [-0.2, 0) is 19.1 Å². The molecule has 0 radical (unpaired) electrons. The minimum absolute atomic E-state index is 0.0431. The first-order valence-corrected chi connectivity index (χ1v) is 7.38. The van der Waals surface area contributed by atoms with Gasteiger partial charge in [-0.15, -0.1) is 0 Å². The number of rotatable bonds is 8. The van der Waals surface area contributed by atoms with E-state index in [2.05, 4.69) is 10.6 Å². The van der Waals surface area contributed by atoms with Gasteiger partial charge in [0.05, 0.1) is 7.11 Å². The van der Waals surface area contributed by atoms with E-state index in [9.17, 15) is 14.4 Å². The third-order valence-electron chi connectivity index (χ3n) is 3.37. The van der Waals surface area contributed by atoms with Gasteiger partial charge >= 0.3 is 5.97 Å². The Kier molecular flexibility index (Phi) is 8.66. The van der Waals surface area contributed by atoms with E-state index >= 15 is 0 Å². The smallest absolute Gasteiger partial charge is 0.328 e. The van der Waals surface area contributed by atoms with E-state index in [1.807, 2.05) is 27.7 Å². The van der Waals surface area contributed by atoms with Gasteiger partial charge in [0.25, 0.3) is 0 Å². The Morgan fingerprint density at radius 3 is 2.05 bits per heavy atom. The van der Waals surface area contributed by atoms with Crippen LogP contribution in [0.15, 0.2) is 0 Å². The number of amides is 2. The minimum Gasteiger partial charge on any atom is -0.467 e. The summed E-state index contributed by atoms with van der Waals surface area (Å²) < 4.78 is 4.74. The molecule has 0 saturated heterocycles. The molecule has 0 spiro atoms. The molecule has 0 fully saturated rings. The number of esters is 1. The van der Waals surface area contributed by atoms with Gasteiger partial charge in [-0.3, -0.25) is 9.59 Å². The van der Waals surface area contributed by atoms with Crippen LogP contribution in [0.2, 0.25) is 0 Å². The third kappa shape index (κ3) is 7.11. The average molecular weight is 300 g/mol. The first kappa shape index (κ1) is 19.4. The molecule has 0 saturated carbocycles. The van der Waals surface area contributed by atoms with Crippen LogP contribution in [0.1, 0.15) is 47.5 Å². The van der Waals surface area contributed by atoms with Crippen molar-refractivity contribution in [3.8, 4) is 0 Å². The summed E-state index contributed by atoms with van der Waals surface area (Å²) in [5.74, 6) is -0.890. The van der Waals surface area contributed by atoms with Crippen LogP contribution in [0.4, 0.5) is 0 Å². The highest BCUT2D eigenvalue weighted by molar-refractivity contribution is 5.90. The molecular weight excluding hydrogens is 272 g/mol. The topological polar surface area (TPSA) is 84.5 Å². The van der Waals surface area contributed by atoms with Gasteiger partial charge in [-0.1, -0.05) is 34.1 Å². The number of methoxy groups -OCH3 is 1. The van der Waals surface area contributed by atoms with Gasteiger partial charge in [0.15, 0.2) is 0 Å². The minimum atomic E-state index is -0.698. The molecule has 0 bridgehead atoms. The Morgan fingerprint density at radius 2 is 1.67 bits per heavy atom. The Morgan fingerprint density at radius 1 is 1.10 bits per heavy atom. The Bertz CT molecular complexity index is 369. The predicted octanol–water partition coefficient (Wildman–Crippen LogP) is 1.24. The monoisotopic (exact) mass is 300 g/mol. The van der Waals surface area contributed by atoms with Gasteiger partial charge in [-0.05, 0) is 18.3 Å². The van der Waals surface area contributed by atoms with Crippen LogP contribution in [0.5, 0.6) is 0 Å². The molecule has 6 nitrogen and oxygen atoms in total. The fourth-order valence-corrected chi connectivity index (χ4v) is 2.00. The molecule has 0 aliphatic heterocycles. The van der Waals surface area contributed by atoms with E-state index in [0.29, 0.717) is 6.42 Å². The predicted molar refractivity (Wildman–Crippen MR) is 80.5 cm³/mol. The lowest BCUT2D eigenvalue weighted by Gasteiger charge is -2.25. The van der Waals surface area contributed by atoms with Gasteiger partial charge < -0.3 is 15.4 Å². The Hall–Kier alpha value is -1.59. The van der Waals surface area contributed by atoms with Crippen LogP contribution in [0, 0.1) is 11.8 Å². The van der Waals surface area contributed by atoms with Gasteiger partial charge in [0, 0.05) is 6.92 Å². The summed E-state index contributed by atoms with van der Waals surface area (Å²) in [6.45, 7) is 9.11. The molecule has 122 valence electrons. The van der Waals surface area contributed by atoms with Crippen molar-refractivity contribution < 1.29 is 19.1 Å². The second kappa shape index (κ2) is 9.37. The fraction of sp³-hybridized carbons (Fsp3) is 0.800. The zero-order valence-corrected chi connectivity index (χ0v) is 13.9. The molecule has 0 aromatic rings. The number of carbonyl (C=O) groups excluding carboxylic acids is 3. The molecular formula is C15H28N2O4. The van der Waals surface area contributed by atoms with Crippen molar-refractivity contribution in [3.63, 3.8) is 0 Å². The summed E-state index contributed by atoms with van der Waals surface area (Å²) in [5, 5.41) is 5.33. The van der Waals surface area contributed by atoms with E-state index in [1.165, 1.54) is 14.0 Å². The number of ether oxygens (including phenoxy) is 1. The number of hydrogen-bond acceptors (Lipinski definition) is 4. The zero-order valence-electron chi connectivity index (χ0n) is 13.9. The molecule has 0 heterocycles. The number of hydrogen-bond donors (Lipinski definition) is 2. The molecule has 0 aromatic heterocycles. The third-order valence-corrected chi connectivity index (χ3v) is 3.37. The molecule has 0 rings (SSSR count). The van der Waals surface area contributed by atoms with Crippen LogP contribution >= 0.6 is 0 Å². The first-order chi connectivity index (χ1) is 9.72. The van der Waals surface area contributed by atoms with Crippen molar-refractivity contribution in [2.24, 2.45) is 11.8 Å². The van der Waals surface area contributed by atoms with Crippen molar-refractivity contribution >= 4 is 17.8 Å². The summed E-state index contributed by atoms with van der Waals surface area (Å²) in [6, 6.07) is -1.34. The summed E-state index contributed by atoms with van der Waals surface area (Å²) in [4.78, 5) is 35.3. The van der Waals surface area contributed by atoms with Crippen molar-refractivity contribution in [1.82, 2.24) is 10.6 Å². The molecule has 0 aliphatic carbocycles. The summed E-state index contributed by atoms with van der Waals surface area (Å²) in [7, 11) is 1.29. The number of nitrogens with one attached hydrogen (secondary N) is 2. The maximum atomic E-state index is 12.3. The van der Waals surface area contributed by atoms with E-state index in [1.54, 1.807) is 0 Å². The molecule has 6 heteroatoms. The Balaban J connectivity index is 4.96. The van der Waals surface area contributed by atoms with Gasteiger partial charge in [-0.25, -0.2) is 4.79 Å². The molecule has 0 aromatic carbocycles. The summed E-state index contributed by atoms with van der Waals surface area (Å²) >= 11 is 0. The lowest BCUT2D eigenvalue weighted by molar-refractivity contribution is -0.147. The summed E-state index contributed by atoms with van der Waals surface area (Å²) in [5.41, 5.74) is 0. The maximum Gasteiger partial charge on any atom is 0.328 e. The molecule has 3 atom stereocenters. The summed E-state index contributed by atoms with van der Waals surface area (Å²) in [6.07, 6.45) is 1.24. The molecule has 0 aliphatic rings. The maximum absolute atomic E-state index is 12.3. The van der Waals surface area contributed by atoms with Gasteiger partial charge in [0.2, 0.25) is 11.8 Å². The highest BCUT2D eigenvalue weighted by Crippen LogP contribution is 2.11. The number of carbonyl (C=O) groups is 3. The second-order valence-electron chi connectivity index (χ2n) is 5.78. The average Bonchev–Trinajstić information content (AvgIpc) is 2.41. The lowest BCUT2D eigenvalue weighted by Crippen LogP contribution is -2.53. The van der Waals surface area contributed by atoms with E-state index < -0.39 is 18.1 Å². The highest BCUT2D eigenvalue weighted by Gasteiger charge is 2.30. The molecule has 0 unspecified atom stereocenters. The van der Waals surface area contributed by atoms with Crippen molar-refractivity contribution in [2.45, 2.75) is 59.5 Å². The van der Waals surface area contributed by atoms with Crippen LogP contribution in [0.3, 0.4) is 0 Å². The molecule has 2 amide bonds. The highest BCUT2D eigenvalue weighted by atomic mass is 16.5. The van der Waals surface area contributed by atoms with Gasteiger partial charge in [0.1, 0.15) is 12.1 Å². The van der Waals surface area contributed by atoms with Crippen molar-refractivity contribution in [1.29, 1.82) is 0 Å². The standard InChI is InChI=1S/C15H28N2O4/c1-7-10(4)13(15(20)21-6)17-14(19)12(8-9(2)3)16-11(5)18/h9-10,12-13H,7-8H2,1-6H3,(H,16,18)(H,17,19)/t10-,12-,13+/m0/s1. The van der Waals surface area contributed by atoms with Crippen LogP contribution < -0.4 is 10.6 Å². The fourth-order valence-electron chi connectivity index (χ4n) is 2.00. The zero-order chi connectivity index (χ0) is 16.6. The molecule has 2 N–H and O–H groups in total. The van der Waals surface area contributed by atoms with Crippen LogP contribution in [0.25, 0.3) is 0 Å².